The number of rotatable bonds is 5. The second-order valence-corrected chi connectivity index (χ2v) is 5.57. The van der Waals surface area contributed by atoms with Crippen molar-refractivity contribution in [2.45, 2.75) is 19.0 Å². The molecule has 0 bridgehead atoms. The Balaban J connectivity index is 1.75. The van der Waals surface area contributed by atoms with E-state index in [0.717, 1.165) is 19.6 Å². The average Bonchev–Trinajstić information content (AvgIpc) is 2.95. The lowest BCUT2D eigenvalue weighted by molar-refractivity contribution is -0.216. The number of nitrogens with zero attached hydrogens (tertiary/aromatic N) is 1. The zero-order valence-electron chi connectivity index (χ0n) is 12.0. The predicted molar refractivity (Wildman–Crippen MR) is 70.9 cm³/mol. The Bertz CT molecular complexity index is 351. The van der Waals surface area contributed by atoms with Crippen LogP contribution in [-0.2, 0) is 9.53 Å². The lowest BCUT2D eigenvalue weighted by Gasteiger charge is -2.30. The molecule has 122 valence electrons. The van der Waals surface area contributed by atoms with E-state index in [1.165, 1.54) is 0 Å². The second-order valence-electron chi connectivity index (χ2n) is 5.57. The standard InChI is InChI=1S/C13H22F3N3O2/c14-13(15,16)12(2-4-17-10-12)11(20)18-3-1-5-19-6-8-21-9-7-19/h17H,1-10H2,(H,18,20). The molecule has 2 aliphatic heterocycles. The summed E-state index contributed by atoms with van der Waals surface area (Å²) in [4.78, 5) is 14.1. The van der Waals surface area contributed by atoms with Crippen LogP contribution in [0.2, 0.25) is 0 Å². The van der Waals surface area contributed by atoms with E-state index in [1.54, 1.807) is 0 Å². The molecule has 0 aromatic carbocycles. The van der Waals surface area contributed by atoms with E-state index >= 15 is 0 Å². The third-order valence-corrected chi connectivity index (χ3v) is 4.17. The van der Waals surface area contributed by atoms with Gasteiger partial charge in [0.05, 0.1) is 13.2 Å². The Morgan fingerprint density at radius 1 is 1.33 bits per heavy atom. The van der Waals surface area contributed by atoms with Gasteiger partial charge in [-0.2, -0.15) is 13.2 Å². The highest BCUT2D eigenvalue weighted by atomic mass is 19.4. The second kappa shape index (κ2) is 6.93. The highest BCUT2D eigenvalue weighted by Gasteiger charge is 2.61. The third kappa shape index (κ3) is 3.87. The van der Waals surface area contributed by atoms with Crippen molar-refractivity contribution in [3.63, 3.8) is 0 Å². The monoisotopic (exact) mass is 309 g/mol. The molecule has 0 radical (unpaired) electrons. The highest BCUT2D eigenvalue weighted by Crippen LogP contribution is 2.43. The SMILES string of the molecule is O=C(NCCCN1CCOCC1)C1(C(F)(F)F)CCNC1. The molecule has 2 aliphatic rings. The highest BCUT2D eigenvalue weighted by molar-refractivity contribution is 5.84. The van der Waals surface area contributed by atoms with Gasteiger partial charge in [-0.25, -0.2) is 0 Å². The molecule has 0 aromatic rings. The molecule has 2 saturated heterocycles. The van der Waals surface area contributed by atoms with E-state index in [9.17, 15) is 18.0 Å². The Hall–Kier alpha value is -0.860. The summed E-state index contributed by atoms with van der Waals surface area (Å²) in [6.45, 7) is 3.99. The number of hydrogen-bond donors (Lipinski definition) is 2. The first-order chi connectivity index (χ1) is 9.96. The van der Waals surface area contributed by atoms with Crippen molar-refractivity contribution in [3.8, 4) is 0 Å². The largest absolute Gasteiger partial charge is 0.404 e. The van der Waals surface area contributed by atoms with Crippen LogP contribution in [0.3, 0.4) is 0 Å². The molecule has 2 rings (SSSR count). The molecule has 2 N–H and O–H groups in total. The van der Waals surface area contributed by atoms with Crippen molar-refractivity contribution < 1.29 is 22.7 Å². The number of amides is 1. The summed E-state index contributed by atoms with van der Waals surface area (Å²) in [5, 5.41) is 5.09. The van der Waals surface area contributed by atoms with Crippen molar-refractivity contribution >= 4 is 5.91 Å². The number of hydrogen-bond acceptors (Lipinski definition) is 4. The van der Waals surface area contributed by atoms with Crippen LogP contribution >= 0.6 is 0 Å². The average molecular weight is 309 g/mol. The van der Waals surface area contributed by atoms with Gasteiger partial charge in [0.25, 0.3) is 0 Å². The number of alkyl halides is 3. The van der Waals surface area contributed by atoms with Gasteiger partial charge in [-0.15, -0.1) is 0 Å². The molecule has 0 aromatic heterocycles. The van der Waals surface area contributed by atoms with E-state index in [4.69, 9.17) is 4.74 Å². The topological polar surface area (TPSA) is 53.6 Å². The summed E-state index contributed by atoms with van der Waals surface area (Å²) in [5.74, 6) is -0.901. The Kier molecular flexibility index (Phi) is 5.45. The van der Waals surface area contributed by atoms with Crippen LogP contribution < -0.4 is 10.6 Å². The van der Waals surface area contributed by atoms with E-state index in [-0.39, 0.29) is 26.1 Å². The molecule has 1 atom stereocenters. The van der Waals surface area contributed by atoms with Crippen LogP contribution in [-0.4, -0.2) is 69.5 Å². The minimum Gasteiger partial charge on any atom is -0.379 e. The van der Waals surface area contributed by atoms with Crippen molar-refractivity contribution in [3.05, 3.63) is 0 Å². The zero-order valence-corrected chi connectivity index (χ0v) is 12.0. The fraction of sp³-hybridized carbons (Fsp3) is 0.923. The van der Waals surface area contributed by atoms with Crippen LogP contribution in [0.4, 0.5) is 13.2 Å². The molecule has 2 heterocycles. The molecular formula is C13H22F3N3O2. The van der Waals surface area contributed by atoms with Crippen molar-refractivity contribution in [1.29, 1.82) is 0 Å². The lowest BCUT2D eigenvalue weighted by Crippen LogP contribution is -2.52. The first-order valence-corrected chi connectivity index (χ1v) is 7.31. The quantitative estimate of drug-likeness (QED) is 0.721. The first-order valence-electron chi connectivity index (χ1n) is 7.31. The first kappa shape index (κ1) is 16.5. The fourth-order valence-electron chi connectivity index (χ4n) is 2.75. The summed E-state index contributed by atoms with van der Waals surface area (Å²) in [5.41, 5.74) is -2.26. The lowest BCUT2D eigenvalue weighted by atomic mass is 9.85. The molecule has 0 spiro atoms. The maximum atomic E-state index is 13.1. The summed E-state index contributed by atoms with van der Waals surface area (Å²) < 4.78 is 44.6. The van der Waals surface area contributed by atoms with Gasteiger partial charge in [0, 0.05) is 26.2 Å². The number of halogens is 3. The summed E-state index contributed by atoms with van der Waals surface area (Å²) >= 11 is 0. The Labute approximate surface area is 122 Å². The molecular weight excluding hydrogens is 287 g/mol. The van der Waals surface area contributed by atoms with Gasteiger partial charge in [0.2, 0.25) is 5.91 Å². The number of carbonyl (C=O) groups excluding carboxylic acids is 1. The van der Waals surface area contributed by atoms with Crippen LogP contribution in [0.1, 0.15) is 12.8 Å². The third-order valence-electron chi connectivity index (χ3n) is 4.17. The summed E-state index contributed by atoms with van der Waals surface area (Å²) in [7, 11) is 0. The van der Waals surface area contributed by atoms with Gasteiger partial charge in [-0.05, 0) is 25.9 Å². The molecule has 0 saturated carbocycles. The van der Waals surface area contributed by atoms with Gasteiger partial charge in [0.1, 0.15) is 0 Å². The van der Waals surface area contributed by atoms with Crippen molar-refractivity contribution in [1.82, 2.24) is 15.5 Å². The van der Waals surface area contributed by atoms with E-state index in [0.29, 0.717) is 19.6 Å². The van der Waals surface area contributed by atoms with Gasteiger partial charge < -0.3 is 15.4 Å². The molecule has 0 aliphatic carbocycles. The van der Waals surface area contributed by atoms with E-state index in [2.05, 4.69) is 15.5 Å². The molecule has 2 fully saturated rings. The van der Waals surface area contributed by atoms with Crippen molar-refractivity contribution in [2.24, 2.45) is 5.41 Å². The smallest absolute Gasteiger partial charge is 0.379 e. The van der Waals surface area contributed by atoms with E-state index < -0.39 is 17.5 Å². The van der Waals surface area contributed by atoms with Crippen molar-refractivity contribution in [2.75, 3.05) is 52.5 Å². The normalized spacial score (nSPS) is 27.8. The van der Waals surface area contributed by atoms with Gasteiger partial charge in [-0.3, -0.25) is 9.69 Å². The zero-order chi connectivity index (χ0) is 15.3. The van der Waals surface area contributed by atoms with Crippen LogP contribution in [0.25, 0.3) is 0 Å². The number of ether oxygens (including phenoxy) is 1. The van der Waals surface area contributed by atoms with Gasteiger partial charge >= 0.3 is 6.18 Å². The number of morpholine rings is 1. The molecule has 21 heavy (non-hydrogen) atoms. The van der Waals surface area contributed by atoms with E-state index in [1.807, 2.05) is 0 Å². The Morgan fingerprint density at radius 2 is 2.05 bits per heavy atom. The maximum Gasteiger partial charge on any atom is 0.404 e. The molecule has 1 amide bonds. The number of carbonyl (C=O) groups is 1. The van der Waals surface area contributed by atoms with Crippen LogP contribution in [0, 0.1) is 5.41 Å². The van der Waals surface area contributed by atoms with Gasteiger partial charge in [0.15, 0.2) is 5.41 Å². The minimum absolute atomic E-state index is 0.189. The van der Waals surface area contributed by atoms with Gasteiger partial charge in [-0.1, -0.05) is 0 Å². The minimum atomic E-state index is -4.51. The molecule has 8 heteroatoms. The Morgan fingerprint density at radius 3 is 2.62 bits per heavy atom. The molecule has 1 unspecified atom stereocenters. The number of nitrogens with one attached hydrogen (secondary N) is 2. The fourth-order valence-corrected chi connectivity index (χ4v) is 2.75. The van der Waals surface area contributed by atoms with Crippen LogP contribution in [0.15, 0.2) is 0 Å². The summed E-state index contributed by atoms with van der Waals surface area (Å²) in [6, 6.07) is 0. The predicted octanol–water partition coefficient (Wildman–Crippen LogP) is 0.367. The summed E-state index contributed by atoms with van der Waals surface area (Å²) in [6.07, 6.45) is -4.05. The maximum absolute atomic E-state index is 13.1. The van der Waals surface area contributed by atoms with Crippen LogP contribution in [0.5, 0.6) is 0 Å². The molecule has 5 nitrogen and oxygen atoms in total.